The first-order valence-electron chi connectivity index (χ1n) is 5.93. The molecule has 5 nitrogen and oxygen atoms in total. The zero-order chi connectivity index (χ0) is 16.3. The molecule has 0 radical (unpaired) electrons. The van der Waals surface area contributed by atoms with Crippen LogP contribution in [-0.4, -0.2) is 26.3 Å². The third-order valence-electron chi connectivity index (χ3n) is 2.57. The summed E-state index contributed by atoms with van der Waals surface area (Å²) in [5, 5.41) is 2.35. The van der Waals surface area contributed by atoms with Gasteiger partial charge in [-0.2, -0.15) is 13.2 Å². The van der Waals surface area contributed by atoms with E-state index < -0.39 is 27.5 Å². The molecule has 0 aliphatic rings. The van der Waals surface area contributed by atoms with Crippen molar-refractivity contribution in [1.29, 1.82) is 0 Å². The van der Waals surface area contributed by atoms with Crippen molar-refractivity contribution >= 4 is 27.1 Å². The summed E-state index contributed by atoms with van der Waals surface area (Å²) in [6, 6.07) is 2.60. The van der Waals surface area contributed by atoms with Crippen LogP contribution in [0.1, 0.15) is 18.4 Å². The Balaban J connectivity index is 2.65. The normalized spacial score (nSPS) is 12.2. The first-order valence-corrected chi connectivity index (χ1v) is 7.99. The average Bonchev–Trinajstić information content (AvgIpc) is 2.28. The van der Waals surface area contributed by atoms with Gasteiger partial charge < -0.3 is 11.1 Å². The molecule has 0 aromatic heterocycles. The third-order valence-corrected chi connectivity index (χ3v) is 3.60. The van der Waals surface area contributed by atoms with Crippen LogP contribution in [0.3, 0.4) is 0 Å². The molecular weight excluding hydrogens is 309 g/mol. The van der Waals surface area contributed by atoms with E-state index in [2.05, 4.69) is 5.32 Å². The second-order valence-corrected chi connectivity index (χ2v) is 6.84. The monoisotopic (exact) mass is 324 g/mol. The number of amides is 1. The van der Waals surface area contributed by atoms with Gasteiger partial charge in [-0.1, -0.05) is 0 Å². The van der Waals surface area contributed by atoms with Crippen molar-refractivity contribution in [2.45, 2.75) is 19.0 Å². The van der Waals surface area contributed by atoms with Gasteiger partial charge in [-0.3, -0.25) is 4.79 Å². The highest BCUT2D eigenvalue weighted by molar-refractivity contribution is 7.90. The average molecular weight is 324 g/mol. The van der Waals surface area contributed by atoms with E-state index >= 15 is 0 Å². The van der Waals surface area contributed by atoms with Crippen molar-refractivity contribution in [2.24, 2.45) is 0 Å². The highest BCUT2D eigenvalue weighted by Gasteiger charge is 2.30. The Morgan fingerprint density at radius 1 is 1.33 bits per heavy atom. The number of nitrogens with one attached hydrogen (secondary N) is 1. The molecule has 1 aromatic carbocycles. The number of anilines is 2. The smallest absolute Gasteiger partial charge is 0.397 e. The van der Waals surface area contributed by atoms with E-state index in [1.165, 1.54) is 0 Å². The Morgan fingerprint density at radius 2 is 1.95 bits per heavy atom. The van der Waals surface area contributed by atoms with Gasteiger partial charge in [-0.15, -0.1) is 0 Å². The Morgan fingerprint density at radius 3 is 2.43 bits per heavy atom. The lowest BCUT2D eigenvalue weighted by Gasteiger charge is -2.11. The molecule has 118 valence electrons. The molecule has 1 aromatic rings. The molecule has 1 rings (SSSR count). The summed E-state index contributed by atoms with van der Waals surface area (Å²) in [5.74, 6) is -0.645. The van der Waals surface area contributed by atoms with Crippen LogP contribution in [0, 0.1) is 0 Å². The fourth-order valence-electron chi connectivity index (χ4n) is 1.56. The summed E-state index contributed by atoms with van der Waals surface area (Å²) in [6.45, 7) is 0. The molecular formula is C12H15F3N2O3S. The quantitative estimate of drug-likeness (QED) is 0.811. The molecule has 0 saturated carbocycles. The zero-order valence-corrected chi connectivity index (χ0v) is 12.0. The number of benzene rings is 1. The van der Waals surface area contributed by atoms with Gasteiger partial charge in [-0.25, -0.2) is 8.42 Å². The van der Waals surface area contributed by atoms with Crippen molar-refractivity contribution in [3.63, 3.8) is 0 Å². The molecule has 0 aliphatic carbocycles. The fourth-order valence-corrected chi connectivity index (χ4v) is 2.23. The van der Waals surface area contributed by atoms with Gasteiger partial charge in [0.1, 0.15) is 9.84 Å². The van der Waals surface area contributed by atoms with E-state index in [-0.39, 0.29) is 30.0 Å². The van der Waals surface area contributed by atoms with Gasteiger partial charge in [-0.05, 0) is 24.6 Å². The van der Waals surface area contributed by atoms with Crippen LogP contribution >= 0.6 is 0 Å². The number of carbonyl (C=O) groups excluding carboxylic acids is 1. The van der Waals surface area contributed by atoms with Gasteiger partial charge in [0, 0.05) is 12.7 Å². The summed E-state index contributed by atoms with van der Waals surface area (Å²) < 4.78 is 59.1. The molecule has 0 bridgehead atoms. The molecule has 0 unspecified atom stereocenters. The maximum absolute atomic E-state index is 12.4. The minimum atomic E-state index is -4.51. The number of sulfone groups is 1. The second kappa shape index (κ2) is 6.33. The molecule has 0 heterocycles. The Kier molecular flexibility index (Phi) is 5.21. The first-order chi connectivity index (χ1) is 9.49. The van der Waals surface area contributed by atoms with E-state index in [0.29, 0.717) is 0 Å². The topological polar surface area (TPSA) is 89.3 Å². The fraction of sp³-hybridized carbons (Fsp3) is 0.417. The van der Waals surface area contributed by atoms with Gasteiger partial charge in [0.05, 0.1) is 22.7 Å². The standard InChI is InChI=1S/C12H15F3N2O3S/c1-21(19,20)6-2-3-11(18)17-10-5-4-8(7-9(10)16)12(13,14)15/h4-5,7H,2-3,6,16H2,1H3,(H,17,18). The van der Waals surface area contributed by atoms with Gasteiger partial charge in [0.2, 0.25) is 5.91 Å². The maximum atomic E-state index is 12.4. The molecule has 0 fully saturated rings. The Bertz CT molecular complexity index is 627. The summed E-state index contributed by atoms with van der Waals surface area (Å²) in [7, 11) is -3.15. The zero-order valence-electron chi connectivity index (χ0n) is 11.2. The molecule has 0 aliphatic heterocycles. The summed E-state index contributed by atoms with van der Waals surface area (Å²) in [6.07, 6.45) is -3.39. The van der Waals surface area contributed by atoms with E-state index in [1.807, 2.05) is 0 Å². The minimum Gasteiger partial charge on any atom is -0.397 e. The number of rotatable bonds is 5. The number of nitrogens with two attached hydrogens (primary N) is 1. The molecule has 21 heavy (non-hydrogen) atoms. The number of nitrogen functional groups attached to an aromatic ring is 1. The lowest BCUT2D eigenvalue weighted by atomic mass is 10.1. The van der Waals surface area contributed by atoms with Crippen LogP contribution in [0.15, 0.2) is 18.2 Å². The summed E-state index contributed by atoms with van der Waals surface area (Å²) in [5.41, 5.74) is 4.40. The van der Waals surface area contributed by atoms with Crippen LogP contribution in [0.25, 0.3) is 0 Å². The van der Waals surface area contributed by atoms with E-state index in [1.54, 1.807) is 0 Å². The molecule has 1 amide bonds. The predicted molar refractivity (Wildman–Crippen MR) is 73.4 cm³/mol. The van der Waals surface area contributed by atoms with Crippen molar-refractivity contribution in [1.82, 2.24) is 0 Å². The lowest BCUT2D eigenvalue weighted by molar-refractivity contribution is -0.137. The van der Waals surface area contributed by atoms with Crippen LogP contribution in [0.5, 0.6) is 0 Å². The number of hydrogen-bond donors (Lipinski definition) is 2. The number of alkyl halides is 3. The maximum Gasteiger partial charge on any atom is 0.416 e. The summed E-state index contributed by atoms with van der Waals surface area (Å²) >= 11 is 0. The van der Waals surface area contributed by atoms with Crippen LogP contribution in [0.2, 0.25) is 0 Å². The van der Waals surface area contributed by atoms with E-state index in [0.717, 1.165) is 24.5 Å². The highest BCUT2D eigenvalue weighted by atomic mass is 32.2. The van der Waals surface area contributed by atoms with E-state index in [9.17, 15) is 26.4 Å². The predicted octanol–water partition coefficient (Wildman–Crippen LogP) is 2.05. The number of halogens is 3. The number of carbonyl (C=O) groups is 1. The van der Waals surface area contributed by atoms with Crippen molar-refractivity contribution < 1.29 is 26.4 Å². The first kappa shape index (κ1) is 17.3. The van der Waals surface area contributed by atoms with Crippen molar-refractivity contribution in [3.8, 4) is 0 Å². The minimum absolute atomic E-state index is 0.0620. The van der Waals surface area contributed by atoms with Crippen molar-refractivity contribution in [3.05, 3.63) is 23.8 Å². The third kappa shape index (κ3) is 6.03. The second-order valence-electron chi connectivity index (χ2n) is 4.58. The van der Waals surface area contributed by atoms with Crippen LogP contribution < -0.4 is 11.1 Å². The van der Waals surface area contributed by atoms with Gasteiger partial charge >= 0.3 is 6.18 Å². The number of hydrogen-bond acceptors (Lipinski definition) is 4. The largest absolute Gasteiger partial charge is 0.416 e. The molecule has 0 spiro atoms. The molecule has 3 N–H and O–H groups in total. The SMILES string of the molecule is CS(=O)(=O)CCCC(=O)Nc1ccc(C(F)(F)F)cc1N. The lowest BCUT2D eigenvalue weighted by Crippen LogP contribution is -2.15. The Labute approximate surface area is 120 Å². The van der Waals surface area contributed by atoms with Gasteiger partial charge in [0.25, 0.3) is 0 Å². The summed E-state index contributed by atoms with van der Waals surface area (Å²) in [4.78, 5) is 11.5. The highest BCUT2D eigenvalue weighted by Crippen LogP contribution is 2.32. The van der Waals surface area contributed by atoms with E-state index in [4.69, 9.17) is 5.73 Å². The molecule has 9 heteroatoms. The molecule has 0 atom stereocenters. The van der Waals surface area contributed by atoms with Gasteiger partial charge in [0.15, 0.2) is 0 Å². The van der Waals surface area contributed by atoms with Crippen LogP contribution in [-0.2, 0) is 20.8 Å². The van der Waals surface area contributed by atoms with Crippen molar-refractivity contribution in [2.75, 3.05) is 23.1 Å². The molecule has 0 saturated heterocycles. The Hall–Kier alpha value is -1.77. The van der Waals surface area contributed by atoms with Crippen LogP contribution in [0.4, 0.5) is 24.5 Å².